The molecule has 134 valence electrons. The van der Waals surface area contributed by atoms with E-state index in [4.69, 9.17) is 5.11 Å². The Morgan fingerprint density at radius 3 is 2.38 bits per heavy atom. The number of nitrogens with zero attached hydrogens (tertiary/aromatic N) is 4. The summed E-state index contributed by atoms with van der Waals surface area (Å²) in [6, 6.07) is 13.6. The fourth-order valence-electron chi connectivity index (χ4n) is 2.41. The third-order valence-corrected chi connectivity index (χ3v) is 5.01. The van der Waals surface area contributed by atoms with Gasteiger partial charge in [-0.1, -0.05) is 30.3 Å². The average molecular weight is 368 g/mol. The molecule has 1 unspecified atom stereocenters. The van der Waals surface area contributed by atoms with Gasteiger partial charge in [-0.3, -0.25) is 0 Å². The molecule has 0 saturated heterocycles. The van der Waals surface area contributed by atoms with Crippen molar-refractivity contribution in [1.82, 2.24) is 4.98 Å². The summed E-state index contributed by atoms with van der Waals surface area (Å²) in [4.78, 5) is 6.37. The molecule has 1 atom stereocenters. The van der Waals surface area contributed by atoms with Crippen molar-refractivity contribution in [2.24, 2.45) is 0 Å². The van der Waals surface area contributed by atoms with Gasteiger partial charge < -0.3 is 15.1 Å². The van der Waals surface area contributed by atoms with E-state index in [-0.39, 0.29) is 12.4 Å². The van der Waals surface area contributed by atoms with Crippen molar-refractivity contribution in [3.05, 3.63) is 41.5 Å². The predicted molar refractivity (Wildman–Crippen MR) is 102 cm³/mol. The van der Waals surface area contributed by atoms with Crippen molar-refractivity contribution in [3.8, 4) is 23.3 Å². The van der Waals surface area contributed by atoms with Crippen LogP contribution in [0.25, 0.3) is 11.1 Å². The van der Waals surface area contributed by atoms with Crippen molar-refractivity contribution in [1.29, 1.82) is 10.5 Å². The molecule has 0 radical (unpaired) electrons. The fourth-order valence-corrected chi connectivity index (χ4v) is 3.31. The number of anilines is 1. The van der Waals surface area contributed by atoms with Crippen molar-refractivity contribution in [2.75, 3.05) is 30.9 Å². The van der Waals surface area contributed by atoms with Gasteiger partial charge in [-0.25, -0.2) is 4.98 Å². The fraction of sp³-hybridized carbons (Fsp3) is 0.316. The highest BCUT2D eigenvalue weighted by Crippen LogP contribution is 2.37. The Morgan fingerprint density at radius 2 is 1.85 bits per heavy atom. The Morgan fingerprint density at radius 1 is 1.19 bits per heavy atom. The lowest BCUT2D eigenvalue weighted by atomic mass is 9.96. The number of hydrogen-bond donors (Lipinski definition) is 2. The van der Waals surface area contributed by atoms with Crippen LogP contribution in [0.4, 0.5) is 5.82 Å². The first kappa shape index (κ1) is 19.7. The van der Waals surface area contributed by atoms with Gasteiger partial charge in [0, 0.05) is 24.9 Å². The summed E-state index contributed by atoms with van der Waals surface area (Å²) in [7, 11) is 1.83. The Balaban J connectivity index is 2.74. The van der Waals surface area contributed by atoms with E-state index < -0.39 is 6.10 Å². The summed E-state index contributed by atoms with van der Waals surface area (Å²) in [6.45, 7) is 2.23. The number of aliphatic hydroxyl groups excluding tert-OH is 2. The average Bonchev–Trinajstić information content (AvgIpc) is 2.70. The van der Waals surface area contributed by atoms with Crippen LogP contribution in [0, 0.1) is 22.7 Å². The van der Waals surface area contributed by atoms with Crippen LogP contribution in [0.5, 0.6) is 0 Å². The molecular formula is C19H20N4O2S. The molecule has 1 heterocycles. The number of thioether (sulfide) groups is 1. The molecule has 0 fully saturated rings. The second-order valence-electron chi connectivity index (χ2n) is 5.62. The summed E-state index contributed by atoms with van der Waals surface area (Å²) in [5.74, 6) is 0.696. The molecule has 0 saturated carbocycles. The van der Waals surface area contributed by atoms with E-state index in [9.17, 15) is 15.6 Å². The smallest absolute Gasteiger partial charge is 0.148 e. The van der Waals surface area contributed by atoms with Crippen LogP contribution < -0.4 is 4.90 Å². The first-order valence-corrected chi connectivity index (χ1v) is 9.12. The van der Waals surface area contributed by atoms with Crippen LogP contribution in [-0.4, -0.2) is 47.3 Å². The van der Waals surface area contributed by atoms with Gasteiger partial charge in [0.05, 0.1) is 18.3 Å². The summed E-state index contributed by atoms with van der Waals surface area (Å²) >= 11 is 1.19. The van der Waals surface area contributed by atoms with Gasteiger partial charge in [-0.05, 0) is 12.5 Å². The topological polar surface area (TPSA) is 104 Å². The van der Waals surface area contributed by atoms with Crippen molar-refractivity contribution in [2.45, 2.75) is 18.1 Å². The van der Waals surface area contributed by atoms with E-state index in [1.807, 2.05) is 49.2 Å². The molecular weight excluding hydrogens is 348 g/mol. The number of pyridine rings is 1. The third-order valence-electron chi connectivity index (χ3n) is 3.89. The van der Waals surface area contributed by atoms with Gasteiger partial charge in [0.15, 0.2) is 0 Å². The number of nitriles is 2. The van der Waals surface area contributed by atoms with E-state index >= 15 is 0 Å². The molecule has 2 aromatic rings. The number of hydrogen-bond acceptors (Lipinski definition) is 7. The first-order chi connectivity index (χ1) is 12.6. The number of rotatable bonds is 7. The molecule has 0 aliphatic carbocycles. The lowest BCUT2D eigenvalue weighted by molar-refractivity contribution is 0.113. The second-order valence-corrected chi connectivity index (χ2v) is 6.63. The first-order valence-electron chi connectivity index (χ1n) is 8.13. The van der Waals surface area contributed by atoms with E-state index in [2.05, 4.69) is 17.1 Å². The maximum Gasteiger partial charge on any atom is 0.148 e. The molecule has 26 heavy (non-hydrogen) atoms. The van der Waals surface area contributed by atoms with Crippen LogP contribution in [0.1, 0.15) is 18.1 Å². The third kappa shape index (κ3) is 4.14. The molecule has 1 aromatic heterocycles. The molecule has 0 aliphatic rings. The van der Waals surface area contributed by atoms with E-state index in [1.54, 1.807) is 0 Å². The Hall–Kier alpha value is -2.58. The zero-order valence-corrected chi connectivity index (χ0v) is 15.5. The summed E-state index contributed by atoms with van der Waals surface area (Å²) in [5, 5.41) is 38.6. The van der Waals surface area contributed by atoms with Crippen LogP contribution in [0.2, 0.25) is 0 Å². The summed E-state index contributed by atoms with van der Waals surface area (Å²) < 4.78 is 0. The number of aliphatic hydroxyl groups is 2. The van der Waals surface area contributed by atoms with Gasteiger partial charge in [0.2, 0.25) is 0 Å². The minimum atomic E-state index is -0.906. The van der Waals surface area contributed by atoms with Crippen LogP contribution >= 0.6 is 11.8 Å². The molecule has 0 bridgehead atoms. The molecule has 1 aromatic carbocycles. The number of aromatic nitrogens is 1. The van der Waals surface area contributed by atoms with E-state index in [0.29, 0.717) is 34.1 Å². The summed E-state index contributed by atoms with van der Waals surface area (Å²) in [6.07, 6.45) is -0.906. The molecule has 2 N–H and O–H groups in total. The Kier molecular flexibility index (Phi) is 6.99. The minimum absolute atomic E-state index is 0.202. The second kappa shape index (κ2) is 9.21. The predicted octanol–water partition coefficient (Wildman–Crippen LogP) is 2.39. The van der Waals surface area contributed by atoms with Gasteiger partial charge in [0.25, 0.3) is 0 Å². The molecule has 0 amide bonds. The van der Waals surface area contributed by atoms with Crippen LogP contribution in [-0.2, 0) is 0 Å². The Labute approximate surface area is 157 Å². The SMILES string of the molecule is CCN(C)c1nc(SCC(O)CO)c(C#N)c(-c2ccccc2)c1C#N. The van der Waals surface area contributed by atoms with Crippen molar-refractivity contribution in [3.63, 3.8) is 0 Å². The van der Waals surface area contributed by atoms with Gasteiger partial charge in [-0.2, -0.15) is 10.5 Å². The molecule has 0 aliphatic heterocycles. The van der Waals surface area contributed by atoms with Gasteiger partial charge in [0.1, 0.15) is 28.5 Å². The Bertz CT molecular complexity index is 843. The van der Waals surface area contributed by atoms with Crippen LogP contribution in [0.3, 0.4) is 0 Å². The van der Waals surface area contributed by atoms with Crippen molar-refractivity contribution >= 4 is 17.6 Å². The van der Waals surface area contributed by atoms with Gasteiger partial charge >= 0.3 is 0 Å². The zero-order valence-electron chi connectivity index (χ0n) is 14.7. The van der Waals surface area contributed by atoms with E-state index in [1.165, 1.54) is 11.8 Å². The van der Waals surface area contributed by atoms with Crippen molar-refractivity contribution < 1.29 is 10.2 Å². The largest absolute Gasteiger partial charge is 0.394 e. The zero-order chi connectivity index (χ0) is 19.1. The molecule has 6 nitrogen and oxygen atoms in total. The maximum atomic E-state index is 9.77. The normalized spacial score (nSPS) is 11.5. The molecule has 7 heteroatoms. The highest BCUT2D eigenvalue weighted by atomic mass is 32.2. The lowest BCUT2D eigenvalue weighted by Crippen LogP contribution is -2.20. The highest BCUT2D eigenvalue weighted by molar-refractivity contribution is 7.99. The van der Waals surface area contributed by atoms with Gasteiger partial charge in [-0.15, -0.1) is 11.8 Å². The lowest BCUT2D eigenvalue weighted by Gasteiger charge is -2.21. The summed E-state index contributed by atoms with van der Waals surface area (Å²) in [5.41, 5.74) is 1.96. The monoisotopic (exact) mass is 368 g/mol. The minimum Gasteiger partial charge on any atom is -0.394 e. The molecule has 2 rings (SSSR count). The number of benzene rings is 1. The standard InChI is InChI=1S/C19H20N4O2S/c1-3-23(2)18-15(9-20)17(13-7-5-4-6-8-13)16(10-21)19(22-18)26-12-14(25)11-24/h4-8,14,24-25H,3,11-12H2,1-2H3. The highest BCUT2D eigenvalue weighted by Gasteiger charge is 2.23. The quantitative estimate of drug-likeness (QED) is 0.723. The van der Waals surface area contributed by atoms with E-state index in [0.717, 1.165) is 5.56 Å². The maximum absolute atomic E-state index is 9.77. The molecule has 0 spiro atoms. The van der Waals surface area contributed by atoms with Crippen LogP contribution in [0.15, 0.2) is 35.4 Å².